The van der Waals surface area contributed by atoms with Gasteiger partial charge in [-0.1, -0.05) is 18.2 Å². The molecule has 1 aromatic heterocycles. The van der Waals surface area contributed by atoms with E-state index in [1.165, 1.54) is 6.07 Å². The first-order valence-electron chi connectivity index (χ1n) is 4.71. The summed E-state index contributed by atoms with van der Waals surface area (Å²) in [6.45, 7) is 0. The molecular weight excluding hydrogens is 231 g/mol. The zero-order valence-electron chi connectivity index (χ0n) is 8.55. The number of nitrogens with one attached hydrogen (secondary N) is 1. The van der Waals surface area contributed by atoms with Crippen molar-refractivity contribution in [1.29, 1.82) is 5.41 Å². The van der Waals surface area contributed by atoms with Crippen LogP contribution in [-0.2, 0) is 6.18 Å². The molecule has 3 N–H and O–H groups in total. The molecule has 0 saturated carbocycles. The molecule has 0 radical (unpaired) electrons. The van der Waals surface area contributed by atoms with Crippen LogP contribution in [0.15, 0.2) is 30.3 Å². The second kappa shape index (κ2) is 3.73. The van der Waals surface area contributed by atoms with Gasteiger partial charge in [0, 0.05) is 5.39 Å². The van der Waals surface area contributed by atoms with E-state index in [0.717, 1.165) is 6.07 Å². The van der Waals surface area contributed by atoms with Crippen LogP contribution in [0.2, 0.25) is 0 Å². The molecule has 0 bridgehead atoms. The van der Waals surface area contributed by atoms with E-state index >= 15 is 0 Å². The first-order valence-corrected chi connectivity index (χ1v) is 4.71. The fourth-order valence-corrected chi connectivity index (χ4v) is 1.54. The third-order valence-corrected chi connectivity index (χ3v) is 2.28. The largest absolute Gasteiger partial charge is 0.418 e. The molecule has 88 valence electrons. The lowest BCUT2D eigenvalue weighted by Gasteiger charge is -2.12. The highest BCUT2D eigenvalue weighted by Crippen LogP contribution is 2.33. The van der Waals surface area contributed by atoms with E-state index in [-0.39, 0.29) is 0 Å². The first-order chi connectivity index (χ1) is 7.89. The second-order valence-electron chi connectivity index (χ2n) is 3.49. The van der Waals surface area contributed by atoms with Crippen molar-refractivity contribution >= 4 is 16.7 Å². The van der Waals surface area contributed by atoms with E-state index in [9.17, 15) is 13.2 Å². The molecule has 17 heavy (non-hydrogen) atoms. The maximum atomic E-state index is 12.7. The fourth-order valence-electron chi connectivity index (χ4n) is 1.54. The van der Waals surface area contributed by atoms with Crippen LogP contribution >= 0.6 is 0 Å². The van der Waals surface area contributed by atoms with Gasteiger partial charge in [0.15, 0.2) is 0 Å². The second-order valence-corrected chi connectivity index (χ2v) is 3.49. The van der Waals surface area contributed by atoms with Gasteiger partial charge in [0.2, 0.25) is 0 Å². The predicted molar refractivity (Wildman–Crippen MR) is 57.8 cm³/mol. The number of aromatic nitrogens is 1. The lowest BCUT2D eigenvalue weighted by Crippen LogP contribution is -2.20. The Morgan fingerprint density at radius 2 is 1.88 bits per heavy atom. The number of nitrogens with two attached hydrogens (primary N) is 1. The lowest BCUT2D eigenvalue weighted by atomic mass is 10.1. The molecule has 0 spiro atoms. The van der Waals surface area contributed by atoms with E-state index < -0.39 is 23.3 Å². The molecule has 1 aromatic carbocycles. The van der Waals surface area contributed by atoms with Gasteiger partial charge >= 0.3 is 6.18 Å². The third kappa shape index (κ3) is 2.06. The Hall–Kier alpha value is -2.11. The molecule has 0 unspecified atom stereocenters. The summed E-state index contributed by atoms with van der Waals surface area (Å²) in [5.41, 5.74) is 3.99. The number of nitrogens with zero attached hydrogens (tertiary/aromatic N) is 1. The van der Waals surface area contributed by atoms with Gasteiger partial charge in [0.25, 0.3) is 0 Å². The zero-order chi connectivity index (χ0) is 12.6. The molecule has 6 heteroatoms. The van der Waals surface area contributed by atoms with Gasteiger partial charge in [0.1, 0.15) is 11.5 Å². The van der Waals surface area contributed by atoms with Gasteiger partial charge in [-0.25, -0.2) is 4.98 Å². The number of benzene rings is 1. The number of hydrogen-bond acceptors (Lipinski definition) is 2. The molecule has 0 aliphatic heterocycles. The van der Waals surface area contributed by atoms with Crippen LogP contribution in [0.3, 0.4) is 0 Å². The molecule has 2 rings (SSSR count). The van der Waals surface area contributed by atoms with Gasteiger partial charge < -0.3 is 5.73 Å². The molecule has 0 atom stereocenters. The topological polar surface area (TPSA) is 62.8 Å². The maximum Gasteiger partial charge on any atom is 0.418 e. The summed E-state index contributed by atoms with van der Waals surface area (Å²) in [6, 6.07) is 7.34. The molecule has 0 saturated heterocycles. The Morgan fingerprint density at radius 3 is 2.47 bits per heavy atom. The average Bonchev–Trinajstić information content (AvgIpc) is 2.26. The van der Waals surface area contributed by atoms with Crippen molar-refractivity contribution in [2.24, 2.45) is 5.73 Å². The standard InChI is InChI=1S/C11H8F3N3/c12-11(13,14)7-5-6-3-1-2-4-8(6)17-9(7)10(15)16/h1-5H,(H3,15,16). The number of pyridine rings is 1. The predicted octanol–water partition coefficient (Wildman–Crippen LogP) is 2.54. The Bertz CT molecular complexity index is 590. The lowest BCUT2D eigenvalue weighted by molar-refractivity contribution is -0.137. The van der Waals surface area contributed by atoms with Crippen molar-refractivity contribution in [2.75, 3.05) is 0 Å². The monoisotopic (exact) mass is 239 g/mol. The smallest absolute Gasteiger partial charge is 0.382 e. The van der Waals surface area contributed by atoms with Crippen LogP contribution in [0.4, 0.5) is 13.2 Å². The van der Waals surface area contributed by atoms with Crippen molar-refractivity contribution in [3.05, 3.63) is 41.6 Å². The van der Waals surface area contributed by atoms with Gasteiger partial charge in [-0.05, 0) is 12.1 Å². The molecule has 2 aromatic rings. The average molecular weight is 239 g/mol. The Kier molecular flexibility index (Phi) is 2.49. The molecule has 0 amide bonds. The summed E-state index contributed by atoms with van der Waals surface area (Å²) in [6.07, 6.45) is -4.57. The highest BCUT2D eigenvalue weighted by Gasteiger charge is 2.35. The van der Waals surface area contributed by atoms with Crippen LogP contribution in [0.1, 0.15) is 11.3 Å². The van der Waals surface area contributed by atoms with E-state index in [0.29, 0.717) is 10.9 Å². The van der Waals surface area contributed by atoms with E-state index in [1.54, 1.807) is 18.2 Å². The van der Waals surface area contributed by atoms with E-state index in [1.807, 2.05) is 0 Å². The van der Waals surface area contributed by atoms with Crippen LogP contribution < -0.4 is 5.73 Å². The normalized spacial score (nSPS) is 11.7. The number of halogens is 3. The van der Waals surface area contributed by atoms with Gasteiger partial charge in [-0.2, -0.15) is 13.2 Å². The third-order valence-electron chi connectivity index (χ3n) is 2.28. The number of amidine groups is 1. The summed E-state index contributed by atoms with van der Waals surface area (Å²) < 4.78 is 38.2. The Labute approximate surface area is 94.6 Å². The number of rotatable bonds is 1. The SMILES string of the molecule is N=C(N)c1nc2ccccc2cc1C(F)(F)F. The van der Waals surface area contributed by atoms with Crippen molar-refractivity contribution in [1.82, 2.24) is 4.98 Å². The summed E-state index contributed by atoms with van der Waals surface area (Å²) in [5.74, 6) is -0.692. The van der Waals surface area contributed by atoms with Crippen LogP contribution in [-0.4, -0.2) is 10.8 Å². The van der Waals surface area contributed by atoms with Gasteiger partial charge in [-0.15, -0.1) is 0 Å². The fraction of sp³-hybridized carbons (Fsp3) is 0.0909. The highest BCUT2D eigenvalue weighted by atomic mass is 19.4. The minimum absolute atomic E-state index is 0.366. The van der Waals surface area contributed by atoms with Crippen LogP contribution in [0.25, 0.3) is 10.9 Å². The number of para-hydroxylation sites is 1. The zero-order valence-corrected chi connectivity index (χ0v) is 8.55. The molecule has 1 heterocycles. The number of alkyl halides is 3. The van der Waals surface area contributed by atoms with Gasteiger partial charge in [-0.3, -0.25) is 5.41 Å². The summed E-state index contributed by atoms with van der Waals surface area (Å²) >= 11 is 0. The quantitative estimate of drug-likeness (QED) is 0.593. The minimum atomic E-state index is -4.57. The van der Waals surface area contributed by atoms with E-state index in [4.69, 9.17) is 11.1 Å². The summed E-state index contributed by atoms with van der Waals surface area (Å²) in [7, 11) is 0. The number of hydrogen-bond donors (Lipinski definition) is 2. The summed E-state index contributed by atoms with van der Waals surface area (Å²) in [4.78, 5) is 3.77. The molecular formula is C11H8F3N3. The molecule has 0 aliphatic carbocycles. The number of fused-ring (bicyclic) bond motifs is 1. The van der Waals surface area contributed by atoms with Crippen molar-refractivity contribution < 1.29 is 13.2 Å². The van der Waals surface area contributed by atoms with Crippen molar-refractivity contribution in [3.8, 4) is 0 Å². The highest BCUT2D eigenvalue weighted by molar-refractivity contribution is 5.97. The summed E-state index contributed by atoms with van der Waals surface area (Å²) in [5, 5.41) is 7.51. The Morgan fingerprint density at radius 1 is 1.24 bits per heavy atom. The van der Waals surface area contributed by atoms with Crippen LogP contribution in [0, 0.1) is 5.41 Å². The molecule has 0 aliphatic rings. The van der Waals surface area contributed by atoms with Gasteiger partial charge in [0.05, 0.1) is 11.1 Å². The number of nitrogen functional groups attached to an aromatic ring is 1. The molecule has 0 fully saturated rings. The molecule has 3 nitrogen and oxygen atoms in total. The maximum absolute atomic E-state index is 12.7. The minimum Gasteiger partial charge on any atom is -0.382 e. The first kappa shape index (κ1) is 11.4. The van der Waals surface area contributed by atoms with Crippen molar-refractivity contribution in [2.45, 2.75) is 6.18 Å². The van der Waals surface area contributed by atoms with Crippen LogP contribution in [0.5, 0.6) is 0 Å². The Balaban J connectivity index is 2.80. The van der Waals surface area contributed by atoms with Crippen molar-refractivity contribution in [3.63, 3.8) is 0 Å². The van der Waals surface area contributed by atoms with E-state index in [2.05, 4.69) is 4.98 Å².